The maximum atomic E-state index is 13.7. The topological polar surface area (TPSA) is 237 Å². The minimum atomic E-state index is -4.61. The number of nitrogens with one attached hydrogen (secondary N) is 1. The predicted molar refractivity (Wildman–Crippen MR) is 291 cm³/mol. The van der Waals surface area contributed by atoms with Gasteiger partial charge >= 0.3 is 19.5 Å². The molecule has 82 heavy (non-hydrogen) atoms. The number of sulfonamides is 1. The number of nitrogen functional groups attached to an aromatic ring is 2. The molecule has 0 saturated carbocycles. The zero-order valence-electron chi connectivity index (χ0n) is 41.1. The largest absolute Gasteiger partial charge is 0.489 e. The Balaban J connectivity index is 0.000000232. The second kappa shape index (κ2) is 28.6. The van der Waals surface area contributed by atoms with Gasteiger partial charge in [-0.05, 0) is 119 Å². The lowest BCUT2D eigenvalue weighted by molar-refractivity contribution is -0.138. The number of nitrogens with zero attached hydrogens (tertiary/aromatic N) is 5. The molecule has 3 aromatic carbocycles. The average Bonchev–Trinajstić information content (AvgIpc) is 3.41. The van der Waals surface area contributed by atoms with Crippen LogP contribution in [-0.4, -0.2) is 58.9 Å². The summed E-state index contributed by atoms with van der Waals surface area (Å²) in [6.07, 6.45) is -4.81. The Morgan fingerprint density at radius 3 is 1.44 bits per heavy atom. The van der Waals surface area contributed by atoms with Crippen LogP contribution in [0.2, 0.25) is 10.2 Å². The number of rotatable bonds is 10. The Morgan fingerprint density at radius 2 is 0.988 bits per heavy atom. The number of alkyl halides is 6. The van der Waals surface area contributed by atoms with Crippen molar-refractivity contribution in [2.45, 2.75) is 22.4 Å². The Kier molecular flexibility index (Phi) is 23.2. The maximum absolute atomic E-state index is 13.7. The minimum absolute atomic E-state index is 0.000347. The van der Waals surface area contributed by atoms with E-state index >= 15 is 0 Å². The molecule has 0 amide bonds. The van der Waals surface area contributed by atoms with E-state index in [9.17, 15) is 65.1 Å². The van der Waals surface area contributed by atoms with E-state index in [1.165, 1.54) is 78.9 Å². The lowest BCUT2D eigenvalue weighted by Gasteiger charge is -2.14. The van der Waals surface area contributed by atoms with Gasteiger partial charge in [-0.25, -0.2) is 46.5 Å². The molecule has 0 fully saturated rings. The monoisotopic (exact) mass is 1250 g/mol. The van der Waals surface area contributed by atoms with Crippen LogP contribution in [0.3, 0.4) is 0 Å². The smallest absolute Gasteiger partial charge is 0.423 e. The summed E-state index contributed by atoms with van der Waals surface area (Å²) in [6.45, 7) is 10.6. The summed E-state index contributed by atoms with van der Waals surface area (Å²) in [7, 11) is -4.86. The van der Waals surface area contributed by atoms with E-state index < -0.39 is 99.9 Å². The van der Waals surface area contributed by atoms with Crippen molar-refractivity contribution in [2.75, 3.05) is 16.2 Å². The van der Waals surface area contributed by atoms with Crippen molar-refractivity contribution in [3.63, 3.8) is 0 Å². The van der Waals surface area contributed by atoms with Crippen molar-refractivity contribution >= 4 is 101 Å². The lowest BCUT2D eigenvalue weighted by atomic mass is 9.77. The SMILES string of the molecule is C=Cc1ccc(F)cc1-c1nc(N)ccc1C(F)(F)F.C=Cc1ccc(F)cc1-c1nc(NS(=O)(=O)c2cccc(F)n2)ccc1Cl.C=Cc1ccc(F)cc1B(O)O.Nc1ccc(C(F)(F)F)c(Cl)n1.O=S(=O)(Cl)c1cccc(F)n1. The van der Waals surface area contributed by atoms with Gasteiger partial charge in [0.1, 0.15) is 40.1 Å². The molecule has 0 aliphatic rings. The van der Waals surface area contributed by atoms with Gasteiger partial charge in [0.15, 0.2) is 10.1 Å². The van der Waals surface area contributed by atoms with Crippen molar-refractivity contribution in [1.29, 1.82) is 0 Å². The molecule has 0 spiro atoms. The summed E-state index contributed by atoms with van der Waals surface area (Å²) in [5.41, 5.74) is 10.3. The van der Waals surface area contributed by atoms with Gasteiger partial charge in [0.25, 0.3) is 19.1 Å². The standard InChI is InChI=1S/C18H12ClF2N3O2S.C14H10F4N2.C8H8BFO2.C6H4ClF3N2.C5H3ClFNO2S/c1-2-11-6-7-12(20)10-13(11)18-14(19)8-9-16(23-18)24-27(25,26)17-5-3-4-15(21)22-17;1-2-8-3-4-9(15)7-10(8)13-11(14(16,17)18)5-6-12(19)20-13;1-2-6-3-4-7(10)5-8(6)9(11)12;7-5-3(6(8,9)10)1-2-4(11)12-5;6-11(9,10)5-3-1-2-4(7)8-5/h2-10H,1H2,(H,23,24);2-7H,1H2,(H2,19,20);2-5,11-12H,1H2;1-2H,(H2,11,12);1-3H. The highest BCUT2D eigenvalue weighted by Gasteiger charge is 2.36. The van der Waals surface area contributed by atoms with Crippen molar-refractivity contribution in [1.82, 2.24) is 24.9 Å². The zero-order chi connectivity index (χ0) is 61.5. The number of hydrogen-bond donors (Lipinski definition) is 5. The second-order valence-corrected chi connectivity index (χ2v) is 20.5. The fourth-order valence-corrected chi connectivity index (χ4v) is 8.42. The average molecular weight is 1250 g/mol. The molecule has 5 heterocycles. The van der Waals surface area contributed by atoms with Gasteiger partial charge in [-0.2, -0.15) is 43.5 Å². The van der Waals surface area contributed by atoms with Crippen LogP contribution >= 0.6 is 33.9 Å². The first-order chi connectivity index (χ1) is 38.2. The highest BCUT2D eigenvalue weighted by Crippen LogP contribution is 2.39. The molecule has 8 aromatic rings. The molecule has 0 aliphatic carbocycles. The molecule has 0 atom stereocenters. The fraction of sp³-hybridized carbons (Fsp3) is 0.0392. The van der Waals surface area contributed by atoms with Crippen LogP contribution in [0.1, 0.15) is 27.8 Å². The number of pyridine rings is 5. The minimum Gasteiger partial charge on any atom is -0.423 e. The molecule has 5 aromatic heterocycles. The van der Waals surface area contributed by atoms with E-state index in [4.69, 9.17) is 55.4 Å². The lowest BCUT2D eigenvalue weighted by Crippen LogP contribution is -2.32. The van der Waals surface area contributed by atoms with Gasteiger partial charge < -0.3 is 21.5 Å². The first kappa shape index (κ1) is 66.5. The molecule has 430 valence electrons. The number of hydrogen-bond acceptors (Lipinski definition) is 13. The number of nitrogens with two attached hydrogens (primary N) is 2. The third-order valence-electron chi connectivity index (χ3n) is 9.91. The number of halogens is 14. The van der Waals surface area contributed by atoms with Gasteiger partial charge in [-0.3, -0.25) is 4.72 Å². The van der Waals surface area contributed by atoms with Gasteiger partial charge in [0.05, 0.1) is 27.5 Å². The predicted octanol–water partition coefficient (Wildman–Crippen LogP) is 12.3. The van der Waals surface area contributed by atoms with Gasteiger partial charge in [0.2, 0.25) is 11.9 Å². The molecule has 8 rings (SSSR count). The van der Waals surface area contributed by atoms with E-state index in [0.29, 0.717) is 22.3 Å². The number of anilines is 3. The van der Waals surface area contributed by atoms with Crippen LogP contribution in [0.5, 0.6) is 0 Å². The Hall–Kier alpha value is -7.99. The Labute approximate surface area is 474 Å². The molecule has 7 N–H and O–H groups in total. The third-order valence-corrected chi connectivity index (χ3v) is 13.0. The van der Waals surface area contributed by atoms with Crippen LogP contribution in [-0.2, 0) is 31.4 Å². The van der Waals surface area contributed by atoms with Crippen molar-refractivity contribution < 1.29 is 75.2 Å². The van der Waals surface area contributed by atoms with Crippen LogP contribution in [0.15, 0.2) is 157 Å². The fourth-order valence-electron chi connectivity index (χ4n) is 6.29. The number of aromatic nitrogens is 5. The summed E-state index contributed by atoms with van der Waals surface area (Å²) in [5.74, 6) is -3.67. The normalized spacial score (nSPS) is 11.1. The summed E-state index contributed by atoms with van der Waals surface area (Å²) in [4.78, 5) is 17.5. The number of benzene rings is 3. The summed E-state index contributed by atoms with van der Waals surface area (Å²) in [6, 6.07) is 24.4. The van der Waals surface area contributed by atoms with Gasteiger partial charge in [0, 0.05) is 21.8 Å². The Bertz CT molecular complexity index is 3860. The molecule has 0 radical (unpaired) electrons. The quantitative estimate of drug-likeness (QED) is 0.0371. The summed E-state index contributed by atoms with van der Waals surface area (Å²) >= 11 is 11.4. The zero-order valence-corrected chi connectivity index (χ0v) is 45.0. The first-order valence-corrected chi connectivity index (χ1v) is 26.6. The highest BCUT2D eigenvalue weighted by molar-refractivity contribution is 8.13. The van der Waals surface area contributed by atoms with Crippen molar-refractivity contribution in [3.05, 3.63) is 214 Å². The highest BCUT2D eigenvalue weighted by atomic mass is 35.7. The maximum Gasteiger partial charge on any atom is 0.489 e. The van der Waals surface area contributed by atoms with Crippen molar-refractivity contribution in [3.8, 4) is 22.5 Å². The van der Waals surface area contributed by atoms with E-state index in [-0.39, 0.29) is 39.2 Å². The molecule has 0 bridgehead atoms. The van der Waals surface area contributed by atoms with E-state index in [0.717, 1.165) is 66.7 Å². The van der Waals surface area contributed by atoms with Crippen molar-refractivity contribution in [2.24, 2.45) is 0 Å². The Morgan fingerprint density at radius 1 is 0.537 bits per heavy atom. The van der Waals surface area contributed by atoms with Gasteiger partial charge in [-0.15, -0.1) is 0 Å². The van der Waals surface area contributed by atoms with E-state index in [2.05, 4.69) is 49.4 Å². The summed E-state index contributed by atoms with van der Waals surface area (Å²) < 4.78 is 188. The first-order valence-electron chi connectivity index (χ1n) is 22.0. The molecular formula is C51H37BCl3F11N8O6S2. The van der Waals surface area contributed by atoms with Crippen LogP contribution in [0.4, 0.5) is 65.7 Å². The second-order valence-electron chi connectivity index (χ2n) is 15.6. The molecule has 0 aliphatic heterocycles. The van der Waals surface area contributed by atoms with E-state index in [1.54, 1.807) is 0 Å². The van der Waals surface area contributed by atoms with Crippen LogP contribution in [0.25, 0.3) is 40.7 Å². The van der Waals surface area contributed by atoms with Gasteiger partial charge in [-0.1, -0.05) is 91.5 Å². The molecule has 0 unspecified atom stereocenters. The molecule has 0 saturated heterocycles. The third kappa shape index (κ3) is 19.3. The van der Waals surface area contributed by atoms with E-state index in [1.807, 2.05) is 0 Å². The molecular weight excluding hydrogens is 1210 g/mol. The summed E-state index contributed by atoms with van der Waals surface area (Å²) in [5, 5.41) is 16.2. The molecule has 14 nitrogen and oxygen atoms in total. The van der Waals surface area contributed by atoms with Crippen LogP contribution < -0.4 is 21.7 Å². The van der Waals surface area contributed by atoms with Crippen LogP contribution in [0, 0.1) is 29.3 Å². The molecule has 31 heteroatoms.